The summed E-state index contributed by atoms with van der Waals surface area (Å²) in [4.78, 5) is 39.3. The number of fused-ring (bicyclic) bond motifs is 1. The number of benzene rings is 1. The molecule has 0 radical (unpaired) electrons. The third-order valence-corrected chi connectivity index (χ3v) is 6.78. The molecule has 0 spiro atoms. The quantitative estimate of drug-likeness (QED) is 0.399. The standard InChI is InChI=1S/C25H30FN7O3/c1-3-5-13-33-22-20(23(34)29-25(33)35)32(4-2)19(27-22)15-31-12-6-7-17(14-31)24-28-21(30-36-24)16-8-10-18(26)11-9-16/h8-11,17H,3-7,12-15H2,1-2H3,(H,29,34,35). The average Bonchev–Trinajstić information content (AvgIpc) is 3.50. The summed E-state index contributed by atoms with van der Waals surface area (Å²) in [5, 5.41) is 4.09. The van der Waals surface area contributed by atoms with E-state index in [2.05, 4.69) is 26.9 Å². The molecule has 4 heterocycles. The van der Waals surface area contributed by atoms with E-state index in [9.17, 15) is 14.0 Å². The first-order chi connectivity index (χ1) is 17.5. The molecule has 0 saturated carbocycles. The van der Waals surface area contributed by atoms with Crippen molar-refractivity contribution in [1.29, 1.82) is 0 Å². The summed E-state index contributed by atoms with van der Waals surface area (Å²) in [6, 6.07) is 6.02. The van der Waals surface area contributed by atoms with Gasteiger partial charge in [0.2, 0.25) is 11.7 Å². The lowest BCUT2D eigenvalue weighted by atomic mass is 9.98. The Bertz CT molecular complexity index is 1470. The summed E-state index contributed by atoms with van der Waals surface area (Å²) in [5.41, 5.74) is 0.773. The molecule has 1 N–H and O–H groups in total. The topological polar surface area (TPSA) is 115 Å². The highest BCUT2D eigenvalue weighted by Crippen LogP contribution is 2.28. The Balaban J connectivity index is 1.39. The lowest BCUT2D eigenvalue weighted by molar-refractivity contribution is 0.175. The van der Waals surface area contributed by atoms with E-state index in [-0.39, 0.29) is 11.7 Å². The smallest absolute Gasteiger partial charge is 0.330 e. The number of hydrogen-bond donors (Lipinski definition) is 1. The minimum Gasteiger partial charge on any atom is -0.339 e. The van der Waals surface area contributed by atoms with Crippen LogP contribution >= 0.6 is 0 Å². The first-order valence-corrected chi connectivity index (χ1v) is 12.5. The fraction of sp³-hybridized carbons (Fsp3) is 0.480. The van der Waals surface area contributed by atoms with Crippen LogP contribution in [0.15, 0.2) is 38.4 Å². The van der Waals surface area contributed by atoms with E-state index in [0.29, 0.717) is 54.6 Å². The van der Waals surface area contributed by atoms with Crippen LogP contribution in [-0.4, -0.2) is 47.2 Å². The lowest BCUT2D eigenvalue weighted by Crippen LogP contribution is -2.35. The molecule has 3 aromatic heterocycles. The first-order valence-electron chi connectivity index (χ1n) is 12.5. The summed E-state index contributed by atoms with van der Waals surface area (Å²) in [7, 11) is 0. The summed E-state index contributed by atoms with van der Waals surface area (Å²) in [6.45, 7) is 7.24. The number of unbranched alkanes of at least 4 members (excludes halogenated alkanes) is 1. The number of rotatable bonds is 8. The van der Waals surface area contributed by atoms with E-state index in [1.165, 1.54) is 12.1 Å². The normalized spacial score (nSPS) is 16.7. The Labute approximate surface area is 206 Å². The number of halogens is 1. The van der Waals surface area contributed by atoms with Crippen molar-refractivity contribution in [2.24, 2.45) is 0 Å². The fourth-order valence-electron chi connectivity index (χ4n) is 4.92. The molecule has 0 amide bonds. The molecule has 190 valence electrons. The van der Waals surface area contributed by atoms with Crippen molar-refractivity contribution in [1.82, 2.24) is 34.1 Å². The second kappa shape index (κ2) is 10.2. The van der Waals surface area contributed by atoms with Gasteiger partial charge >= 0.3 is 5.69 Å². The second-order valence-corrected chi connectivity index (χ2v) is 9.25. The number of piperidine rings is 1. The zero-order valence-corrected chi connectivity index (χ0v) is 20.5. The molecule has 1 saturated heterocycles. The molecular formula is C25H30FN7O3. The van der Waals surface area contributed by atoms with E-state index in [1.807, 2.05) is 11.5 Å². The molecule has 1 aliphatic heterocycles. The van der Waals surface area contributed by atoms with Crippen LogP contribution in [0.1, 0.15) is 57.2 Å². The van der Waals surface area contributed by atoms with E-state index in [4.69, 9.17) is 9.51 Å². The number of likely N-dealkylation sites (tertiary alicyclic amines) is 1. The zero-order valence-electron chi connectivity index (χ0n) is 20.5. The summed E-state index contributed by atoms with van der Waals surface area (Å²) in [5.74, 6) is 1.51. The minimum atomic E-state index is -0.417. The minimum absolute atomic E-state index is 0.0611. The fourth-order valence-corrected chi connectivity index (χ4v) is 4.92. The zero-order chi connectivity index (χ0) is 25.2. The molecule has 1 fully saturated rings. The second-order valence-electron chi connectivity index (χ2n) is 9.25. The van der Waals surface area contributed by atoms with Gasteiger partial charge in [-0.1, -0.05) is 18.5 Å². The van der Waals surface area contributed by atoms with E-state index < -0.39 is 11.2 Å². The van der Waals surface area contributed by atoms with Gasteiger partial charge in [-0.25, -0.2) is 14.2 Å². The number of aromatic nitrogens is 6. The monoisotopic (exact) mass is 495 g/mol. The molecule has 1 aromatic carbocycles. The van der Waals surface area contributed by atoms with Crippen LogP contribution in [0.3, 0.4) is 0 Å². The lowest BCUT2D eigenvalue weighted by Gasteiger charge is -2.30. The van der Waals surface area contributed by atoms with Gasteiger partial charge in [-0.15, -0.1) is 0 Å². The molecule has 4 aromatic rings. The van der Waals surface area contributed by atoms with Gasteiger partial charge in [0, 0.05) is 25.2 Å². The van der Waals surface area contributed by atoms with Gasteiger partial charge in [0.25, 0.3) is 5.56 Å². The third kappa shape index (κ3) is 4.62. The van der Waals surface area contributed by atoms with Crippen LogP contribution in [0.25, 0.3) is 22.6 Å². The van der Waals surface area contributed by atoms with Crippen LogP contribution in [0.5, 0.6) is 0 Å². The van der Waals surface area contributed by atoms with Gasteiger partial charge in [0.1, 0.15) is 11.6 Å². The number of aromatic amines is 1. The summed E-state index contributed by atoms with van der Waals surface area (Å²) < 4.78 is 22.3. The Morgan fingerprint density at radius 2 is 1.94 bits per heavy atom. The highest BCUT2D eigenvalue weighted by Gasteiger charge is 2.28. The molecule has 1 aliphatic rings. The Hall–Kier alpha value is -3.60. The van der Waals surface area contributed by atoms with Gasteiger partial charge in [-0.3, -0.25) is 19.2 Å². The van der Waals surface area contributed by atoms with Crippen molar-refractivity contribution < 1.29 is 8.91 Å². The van der Waals surface area contributed by atoms with Gasteiger partial charge in [0.15, 0.2) is 11.2 Å². The van der Waals surface area contributed by atoms with Crippen LogP contribution < -0.4 is 11.2 Å². The maximum absolute atomic E-state index is 13.2. The predicted molar refractivity (Wildman–Crippen MR) is 132 cm³/mol. The molecule has 10 nitrogen and oxygen atoms in total. The van der Waals surface area contributed by atoms with E-state index in [1.54, 1.807) is 16.7 Å². The number of nitrogens with one attached hydrogen (secondary N) is 1. The molecule has 0 aliphatic carbocycles. The average molecular weight is 496 g/mol. The maximum atomic E-state index is 13.2. The molecule has 1 atom stereocenters. The molecule has 11 heteroatoms. The largest absolute Gasteiger partial charge is 0.339 e. The van der Waals surface area contributed by atoms with Crippen LogP contribution in [0.4, 0.5) is 4.39 Å². The molecular weight excluding hydrogens is 465 g/mol. The van der Waals surface area contributed by atoms with E-state index in [0.717, 1.165) is 38.1 Å². The van der Waals surface area contributed by atoms with Crippen molar-refractivity contribution >= 4 is 11.2 Å². The number of hydrogen-bond acceptors (Lipinski definition) is 7. The van der Waals surface area contributed by atoms with Gasteiger partial charge < -0.3 is 9.09 Å². The van der Waals surface area contributed by atoms with Crippen molar-refractivity contribution in [3.8, 4) is 11.4 Å². The van der Waals surface area contributed by atoms with Gasteiger partial charge in [-0.2, -0.15) is 4.98 Å². The van der Waals surface area contributed by atoms with E-state index >= 15 is 0 Å². The molecule has 36 heavy (non-hydrogen) atoms. The number of H-pyrrole nitrogens is 1. The number of aryl methyl sites for hydroxylation is 2. The Morgan fingerprint density at radius 1 is 1.14 bits per heavy atom. The Morgan fingerprint density at radius 3 is 2.69 bits per heavy atom. The molecule has 0 bridgehead atoms. The highest BCUT2D eigenvalue weighted by molar-refractivity contribution is 5.71. The molecule has 1 unspecified atom stereocenters. The first kappa shape index (κ1) is 24.1. The summed E-state index contributed by atoms with van der Waals surface area (Å²) >= 11 is 0. The Kier molecular flexibility index (Phi) is 6.82. The van der Waals surface area contributed by atoms with Crippen LogP contribution in [-0.2, 0) is 19.6 Å². The van der Waals surface area contributed by atoms with Crippen molar-refractivity contribution in [3.05, 3.63) is 62.6 Å². The van der Waals surface area contributed by atoms with Crippen molar-refractivity contribution in [2.75, 3.05) is 13.1 Å². The summed E-state index contributed by atoms with van der Waals surface area (Å²) in [6.07, 6.45) is 3.63. The highest BCUT2D eigenvalue weighted by atomic mass is 19.1. The van der Waals surface area contributed by atoms with Crippen LogP contribution in [0.2, 0.25) is 0 Å². The molecule has 5 rings (SSSR count). The van der Waals surface area contributed by atoms with Crippen molar-refractivity contribution in [2.45, 2.75) is 65.1 Å². The van der Waals surface area contributed by atoms with Gasteiger partial charge in [0.05, 0.1) is 12.5 Å². The van der Waals surface area contributed by atoms with Crippen molar-refractivity contribution in [3.63, 3.8) is 0 Å². The third-order valence-electron chi connectivity index (χ3n) is 6.78. The number of imidazole rings is 1. The number of nitrogens with zero attached hydrogens (tertiary/aromatic N) is 6. The predicted octanol–water partition coefficient (Wildman–Crippen LogP) is 3.28. The van der Waals surface area contributed by atoms with Gasteiger partial charge in [-0.05, 0) is 57.0 Å². The SMILES string of the molecule is CCCCn1c(=O)[nH]c(=O)c2c1nc(CN1CCCC(c3nc(-c4ccc(F)cc4)no3)C1)n2CC. The maximum Gasteiger partial charge on any atom is 0.330 e. The van der Waals surface area contributed by atoms with Crippen LogP contribution in [0, 0.1) is 5.82 Å².